The van der Waals surface area contributed by atoms with Crippen LogP contribution >= 0.6 is 0 Å². The van der Waals surface area contributed by atoms with Gasteiger partial charge in [0.1, 0.15) is 0 Å². The summed E-state index contributed by atoms with van der Waals surface area (Å²) in [5, 5.41) is 15.0. The minimum Gasteiger partial charge on any atom is -0.382 e. The van der Waals surface area contributed by atoms with Crippen LogP contribution in [-0.4, -0.2) is 41.0 Å². The second kappa shape index (κ2) is 6.55. The summed E-state index contributed by atoms with van der Waals surface area (Å²) in [6.45, 7) is 4.83. The van der Waals surface area contributed by atoms with E-state index in [9.17, 15) is 0 Å². The first-order valence-electron chi connectivity index (χ1n) is 5.68. The zero-order valence-corrected chi connectivity index (χ0v) is 10.5. The Morgan fingerprint density at radius 3 is 2.81 bits per heavy atom. The highest BCUT2D eigenvalue weighted by Gasteiger charge is 2.19. The van der Waals surface area contributed by atoms with Gasteiger partial charge in [-0.2, -0.15) is 0 Å². The Morgan fingerprint density at radius 1 is 1.50 bits per heavy atom. The van der Waals surface area contributed by atoms with E-state index in [1.165, 1.54) is 0 Å². The highest BCUT2D eigenvalue weighted by molar-refractivity contribution is 4.91. The molecule has 0 spiro atoms. The molecule has 16 heavy (non-hydrogen) atoms. The van der Waals surface area contributed by atoms with Crippen LogP contribution in [0.4, 0.5) is 0 Å². The molecule has 0 fully saturated rings. The van der Waals surface area contributed by atoms with Crippen molar-refractivity contribution in [1.82, 2.24) is 25.5 Å². The maximum atomic E-state index is 5.21. The highest BCUT2D eigenvalue weighted by Crippen LogP contribution is 2.17. The zero-order chi connectivity index (χ0) is 12.0. The molecule has 0 radical (unpaired) electrons. The van der Waals surface area contributed by atoms with Gasteiger partial charge in [0.2, 0.25) is 0 Å². The van der Waals surface area contributed by atoms with E-state index in [1.807, 2.05) is 18.7 Å². The lowest BCUT2D eigenvalue weighted by Gasteiger charge is -2.18. The molecule has 0 aliphatic carbocycles. The van der Waals surface area contributed by atoms with Crippen molar-refractivity contribution in [2.45, 2.75) is 38.8 Å². The number of ether oxygens (including phenoxy) is 1. The maximum Gasteiger partial charge on any atom is 0.168 e. The molecule has 0 aliphatic rings. The monoisotopic (exact) mass is 227 g/mol. The molecule has 1 aromatic rings. The fraction of sp³-hybridized carbons (Fsp3) is 0.900. The lowest BCUT2D eigenvalue weighted by molar-refractivity contribution is 0.141. The topological polar surface area (TPSA) is 64.9 Å². The van der Waals surface area contributed by atoms with Gasteiger partial charge in [-0.15, -0.1) is 5.10 Å². The molecule has 0 aliphatic heterocycles. The van der Waals surface area contributed by atoms with E-state index in [4.69, 9.17) is 4.74 Å². The molecular formula is C10H21N5O. The van der Waals surface area contributed by atoms with Crippen molar-refractivity contribution in [2.24, 2.45) is 0 Å². The summed E-state index contributed by atoms with van der Waals surface area (Å²) < 4.78 is 7.08. The van der Waals surface area contributed by atoms with Crippen molar-refractivity contribution < 1.29 is 4.74 Å². The number of nitrogens with zero attached hydrogens (tertiary/aromatic N) is 4. The Kier molecular flexibility index (Phi) is 5.34. The van der Waals surface area contributed by atoms with Crippen LogP contribution in [0.3, 0.4) is 0 Å². The van der Waals surface area contributed by atoms with Gasteiger partial charge in [-0.25, -0.2) is 4.68 Å². The van der Waals surface area contributed by atoms with Crippen molar-refractivity contribution in [1.29, 1.82) is 0 Å². The summed E-state index contributed by atoms with van der Waals surface area (Å²) in [4.78, 5) is 0. The predicted octanol–water partition coefficient (Wildman–Crippen LogP) is 0.941. The molecule has 92 valence electrons. The van der Waals surface area contributed by atoms with Gasteiger partial charge in [0, 0.05) is 7.11 Å². The summed E-state index contributed by atoms with van der Waals surface area (Å²) in [5.41, 5.74) is 0. The molecule has 0 bridgehead atoms. The molecule has 1 N–H and O–H groups in total. The van der Waals surface area contributed by atoms with Gasteiger partial charge in [0.15, 0.2) is 5.82 Å². The van der Waals surface area contributed by atoms with Gasteiger partial charge >= 0.3 is 0 Å². The number of nitrogens with one attached hydrogen (secondary N) is 1. The van der Waals surface area contributed by atoms with Crippen molar-refractivity contribution in [3.63, 3.8) is 0 Å². The lowest BCUT2D eigenvalue weighted by atomic mass is 10.1. The van der Waals surface area contributed by atoms with E-state index in [-0.39, 0.29) is 12.1 Å². The number of methoxy groups -OCH3 is 1. The standard InChI is InChI=1S/C10H21N5O/c1-5-6-9(7-16-4)15-10(8(2)11-3)12-13-14-15/h8-9,11H,5-7H2,1-4H3. The smallest absolute Gasteiger partial charge is 0.168 e. The second-order valence-electron chi connectivity index (χ2n) is 3.89. The van der Waals surface area contributed by atoms with Crippen LogP contribution in [0.25, 0.3) is 0 Å². The summed E-state index contributed by atoms with van der Waals surface area (Å²) in [6.07, 6.45) is 2.10. The van der Waals surface area contributed by atoms with Gasteiger partial charge in [-0.1, -0.05) is 13.3 Å². The van der Waals surface area contributed by atoms with Crippen LogP contribution in [0.2, 0.25) is 0 Å². The van der Waals surface area contributed by atoms with E-state index in [2.05, 4.69) is 27.8 Å². The van der Waals surface area contributed by atoms with E-state index in [0.29, 0.717) is 6.61 Å². The fourth-order valence-electron chi connectivity index (χ4n) is 1.68. The van der Waals surface area contributed by atoms with Crippen LogP contribution in [0, 0.1) is 0 Å². The Labute approximate surface area is 96.4 Å². The SMILES string of the molecule is CCCC(COC)n1nnnc1C(C)NC. The highest BCUT2D eigenvalue weighted by atomic mass is 16.5. The van der Waals surface area contributed by atoms with Crippen LogP contribution < -0.4 is 5.32 Å². The quantitative estimate of drug-likeness (QED) is 0.751. The van der Waals surface area contributed by atoms with Crippen LogP contribution in [-0.2, 0) is 4.74 Å². The predicted molar refractivity (Wildman–Crippen MR) is 61.1 cm³/mol. The van der Waals surface area contributed by atoms with Gasteiger partial charge in [0.25, 0.3) is 0 Å². The zero-order valence-electron chi connectivity index (χ0n) is 10.5. The summed E-state index contributed by atoms with van der Waals surface area (Å²) in [6, 6.07) is 0.363. The maximum absolute atomic E-state index is 5.21. The van der Waals surface area contributed by atoms with E-state index in [0.717, 1.165) is 18.7 Å². The molecule has 1 aromatic heterocycles. The molecule has 2 atom stereocenters. The minimum absolute atomic E-state index is 0.145. The first kappa shape index (κ1) is 13.1. The largest absolute Gasteiger partial charge is 0.382 e. The molecular weight excluding hydrogens is 206 g/mol. The third kappa shape index (κ3) is 2.99. The van der Waals surface area contributed by atoms with Crippen LogP contribution in [0.5, 0.6) is 0 Å². The summed E-state index contributed by atoms with van der Waals surface area (Å²) in [5.74, 6) is 0.859. The van der Waals surface area contributed by atoms with E-state index in [1.54, 1.807) is 7.11 Å². The molecule has 1 heterocycles. The van der Waals surface area contributed by atoms with Gasteiger partial charge in [-0.05, 0) is 30.8 Å². The van der Waals surface area contributed by atoms with E-state index >= 15 is 0 Å². The molecule has 0 saturated heterocycles. The Morgan fingerprint density at radius 2 is 2.25 bits per heavy atom. The number of hydrogen-bond donors (Lipinski definition) is 1. The normalized spacial score (nSPS) is 15.0. The molecule has 0 amide bonds. The van der Waals surface area contributed by atoms with Crippen LogP contribution in [0.15, 0.2) is 0 Å². The van der Waals surface area contributed by atoms with Gasteiger partial charge in [0.05, 0.1) is 18.7 Å². The van der Waals surface area contributed by atoms with E-state index < -0.39 is 0 Å². The fourth-order valence-corrected chi connectivity index (χ4v) is 1.68. The number of rotatable bonds is 7. The van der Waals surface area contributed by atoms with Crippen molar-refractivity contribution in [2.75, 3.05) is 20.8 Å². The van der Waals surface area contributed by atoms with Crippen LogP contribution in [0.1, 0.15) is 44.6 Å². The number of aromatic nitrogens is 4. The Balaban J connectivity index is 2.86. The molecule has 0 aromatic carbocycles. The third-order valence-electron chi connectivity index (χ3n) is 2.67. The molecule has 0 saturated carbocycles. The molecule has 2 unspecified atom stereocenters. The Bertz CT molecular complexity index is 295. The first-order chi connectivity index (χ1) is 7.74. The van der Waals surface area contributed by atoms with Gasteiger partial charge < -0.3 is 10.1 Å². The average molecular weight is 227 g/mol. The average Bonchev–Trinajstić information content (AvgIpc) is 2.76. The second-order valence-corrected chi connectivity index (χ2v) is 3.89. The number of hydrogen-bond acceptors (Lipinski definition) is 5. The Hall–Kier alpha value is -1.01. The molecule has 1 rings (SSSR count). The third-order valence-corrected chi connectivity index (χ3v) is 2.67. The molecule has 6 nitrogen and oxygen atoms in total. The van der Waals surface area contributed by atoms with Gasteiger partial charge in [-0.3, -0.25) is 0 Å². The van der Waals surface area contributed by atoms with Crippen molar-refractivity contribution in [3.05, 3.63) is 5.82 Å². The number of tetrazole rings is 1. The lowest BCUT2D eigenvalue weighted by Crippen LogP contribution is -2.24. The summed E-state index contributed by atoms with van der Waals surface area (Å²) in [7, 11) is 3.60. The van der Waals surface area contributed by atoms with Crippen molar-refractivity contribution >= 4 is 0 Å². The summed E-state index contributed by atoms with van der Waals surface area (Å²) >= 11 is 0. The molecule has 6 heteroatoms. The first-order valence-corrected chi connectivity index (χ1v) is 5.68. The minimum atomic E-state index is 0.145. The van der Waals surface area contributed by atoms with Crippen molar-refractivity contribution in [3.8, 4) is 0 Å².